The number of hydrogen-bond acceptors (Lipinski definition) is 1. The third kappa shape index (κ3) is 1.61. The second-order valence-electron chi connectivity index (χ2n) is 2.49. The molecule has 1 rings (SSSR count). The maximum Gasteiger partial charge on any atom is 0.131 e. The van der Waals surface area contributed by atoms with Crippen LogP contribution in [0.3, 0.4) is 0 Å². The Hall–Kier alpha value is -1.57. The minimum atomic E-state index is -0.314. The SMILES string of the molecule is C=Cc1c(F)ccc(OC)c1C=C. The van der Waals surface area contributed by atoms with Crippen LogP contribution in [0.15, 0.2) is 25.3 Å². The zero-order chi connectivity index (χ0) is 9.84. The molecular formula is C11H11FO. The molecule has 0 aliphatic rings. The molecule has 0 atom stereocenters. The highest BCUT2D eigenvalue weighted by molar-refractivity contribution is 5.69. The zero-order valence-corrected chi connectivity index (χ0v) is 7.51. The summed E-state index contributed by atoms with van der Waals surface area (Å²) in [7, 11) is 1.53. The van der Waals surface area contributed by atoms with Gasteiger partial charge in [0, 0.05) is 11.1 Å². The molecule has 0 bridgehead atoms. The van der Waals surface area contributed by atoms with Crippen LogP contribution >= 0.6 is 0 Å². The van der Waals surface area contributed by atoms with Crippen molar-refractivity contribution in [3.63, 3.8) is 0 Å². The fourth-order valence-corrected chi connectivity index (χ4v) is 1.19. The van der Waals surface area contributed by atoms with Crippen molar-refractivity contribution in [2.75, 3.05) is 7.11 Å². The van der Waals surface area contributed by atoms with Crippen molar-refractivity contribution in [3.05, 3.63) is 42.2 Å². The smallest absolute Gasteiger partial charge is 0.131 e. The number of benzene rings is 1. The molecule has 0 N–H and O–H groups in total. The summed E-state index contributed by atoms with van der Waals surface area (Å²) in [6.45, 7) is 7.13. The van der Waals surface area contributed by atoms with Crippen molar-refractivity contribution in [1.82, 2.24) is 0 Å². The van der Waals surface area contributed by atoms with E-state index in [2.05, 4.69) is 13.2 Å². The van der Waals surface area contributed by atoms with Gasteiger partial charge >= 0.3 is 0 Å². The van der Waals surface area contributed by atoms with Gasteiger partial charge in [0.15, 0.2) is 0 Å². The van der Waals surface area contributed by atoms with Crippen molar-refractivity contribution >= 4 is 12.2 Å². The highest BCUT2D eigenvalue weighted by atomic mass is 19.1. The van der Waals surface area contributed by atoms with Crippen molar-refractivity contribution in [2.45, 2.75) is 0 Å². The molecule has 0 fully saturated rings. The average Bonchev–Trinajstić information content (AvgIpc) is 2.17. The molecule has 0 aliphatic carbocycles. The fourth-order valence-electron chi connectivity index (χ4n) is 1.19. The number of methoxy groups -OCH3 is 1. The molecule has 1 aromatic carbocycles. The Bertz CT molecular complexity index is 342. The Balaban J connectivity index is 3.44. The number of rotatable bonds is 3. The van der Waals surface area contributed by atoms with Crippen LogP contribution in [0.1, 0.15) is 11.1 Å². The molecular weight excluding hydrogens is 167 g/mol. The van der Waals surface area contributed by atoms with E-state index in [1.54, 1.807) is 12.1 Å². The fraction of sp³-hybridized carbons (Fsp3) is 0.0909. The molecule has 0 radical (unpaired) electrons. The first-order valence-corrected chi connectivity index (χ1v) is 3.86. The van der Waals surface area contributed by atoms with Crippen LogP contribution in [0.25, 0.3) is 12.2 Å². The lowest BCUT2D eigenvalue weighted by Gasteiger charge is -2.08. The van der Waals surface area contributed by atoms with Gasteiger partial charge in [-0.1, -0.05) is 25.3 Å². The van der Waals surface area contributed by atoms with Gasteiger partial charge in [-0.2, -0.15) is 0 Å². The van der Waals surface area contributed by atoms with Crippen LogP contribution in [0.2, 0.25) is 0 Å². The molecule has 0 saturated heterocycles. The predicted octanol–water partition coefficient (Wildman–Crippen LogP) is 3.12. The van der Waals surface area contributed by atoms with Crippen LogP contribution < -0.4 is 4.74 Å². The topological polar surface area (TPSA) is 9.23 Å². The lowest BCUT2D eigenvalue weighted by atomic mass is 10.1. The van der Waals surface area contributed by atoms with Crippen molar-refractivity contribution < 1.29 is 9.13 Å². The van der Waals surface area contributed by atoms with Gasteiger partial charge in [0.2, 0.25) is 0 Å². The van der Waals surface area contributed by atoms with Crippen LogP contribution in [-0.4, -0.2) is 7.11 Å². The highest BCUT2D eigenvalue weighted by Gasteiger charge is 2.07. The predicted molar refractivity (Wildman–Crippen MR) is 53.1 cm³/mol. The molecule has 0 unspecified atom stereocenters. The van der Waals surface area contributed by atoms with E-state index < -0.39 is 0 Å². The van der Waals surface area contributed by atoms with Crippen molar-refractivity contribution in [1.29, 1.82) is 0 Å². The van der Waals surface area contributed by atoms with Crippen LogP contribution in [0.5, 0.6) is 5.75 Å². The van der Waals surface area contributed by atoms with Gasteiger partial charge < -0.3 is 4.74 Å². The number of ether oxygens (including phenoxy) is 1. The minimum Gasteiger partial charge on any atom is -0.496 e. The quantitative estimate of drug-likeness (QED) is 0.691. The second-order valence-corrected chi connectivity index (χ2v) is 2.49. The molecule has 68 valence electrons. The molecule has 0 spiro atoms. The van der Waals surface area contributed by atoms with E-state index in [1.807, 2.05) is 0 Å². The normalized spacial score (nSPS) is 9.38. The van der Waals surface area contributed by atoms with E-state index in [0.29, 0.717) is 16.9 Å². The lowest BCUT2D eigenvalue weighted by Crippen LogP contribution is -1.92. The molecule has 0 amide bonds. The standard InChI is InChI=1S/C11H11FO/c1-4-8-9(5-2)11(13-3)7-6-10(8)12/h4-7H,1-2H2,3H3. The Morgan fingerprint density at radius 1 is 1.23 bits per heavy atom. The first kappa shape index (κ1) is 9.52. The summed E-state index contributed by atoms with van der Waals surface area (Å²) < 4.78 is 18.2. The molecule has 0 aromatic heterocycles. The van der Waals surface area contributed by atoms with Gasteiger partial charge in [-0.15, -0.1) is 0 Å². The summed E-state index contributed by atoms with van der Waals surface area (Å²) in [5, 5.41) is 0. The Kier molecular flexibility index (Phi) is 2.85. The van der Waals surface area contributed by atoms with E-state index in [-0.39, 0.29) is 5.82 Å². The first-order chi connectivity index (χ1) is 6.24. The Labute approximate surface area is 77.2 Å². The number of halogens is 1. The Morgan fingerprint density at radius 2 is 1.85 bits per heavy atom. The van der Waals surface area contributed by atoms with Crippen LogP contribution in [0.4, 0.5) is 4.39 Å². The summed E-state index contributed by atoms with van der Waals surface area (Å²) in [6.07, 6.45) is 3.01. The second kappa shape index (κ2) is 3.90. The monoisotopic (exact) mass is 178 g/mol. The molecule has 0 aliphatic heterocycles. The Morgan fingerprint density at radius 3 is 2.31 bits per heavy atom. The average molecular weight is 178 g/mol. The van der Waals surface area contributed by atoms with Crippen molar-refractivity contribution in [2.24, 2.45) is 0 Å². The van der Waals surface area contributed by atoms with Gasteiger partial charge in [-0.3, -0.25) is 0 Å². The lowest BCUT2D eigenvalue weighted by molar-refractivity contribution is 0.412. The summed E-state index contributed by atoms with van der Waals surface area (Å²) >= 11 is 0. The largest absolute Gasteiger partial charge is 0.496 e. The van der Waals surface area contributed by atoms with E-state index in [4.69, 9.17) is 4.74 Å². The summed E-state index contributed by atoms with van der Waals surface area (Å²) in [5.41, 5.74) is 1.06. The van der Waals surface area contributed by atoms with E-state index >= 15 is 0 Å². The van der Waals surface area contributed by atoms with Gasteiger partial charge in [0.1, 0.15) is 11.6 Å². The van der Waals surface area contributed by atoms with E-state index in [9.17, 15) is 4.39 Å². The number of hydrogen-bond donors (Lipinski definition) is 0. The van der Waals surface area contributed by atoms with Gasteiger partial charge in [0.05, 0.1) is 7.11 Å². The third-order valence-electron chi connectivity index (χ3n) is 1.82. The first-order valence-electron chi connectivity index (χ1n) is 3.86. The zero-order valence-electron chi connectivity index (χ0n) is 7.51. The van der Waals surface area contributed by atoms with Gasteiger partial charge in [-0.05, 0) is 12.1 Å². The van der Waals surface area contributed by atoms with Crippen molar-refractivity contribution in [3.8, 4) is 5.75 Å². The molecule has 2 heteroatoms. The van der Waals surface area contributed by atoms with E-state index in [1.165, 1.54) is 19.3 Å². The summed E-state index contributed by atoms with van der Waals surface area (Å²) in [4.78, 5) is 0. The van der Waals surface area contributed by atoms with E-state index in [0.717, 1.165) is 0 Å². The molecule has 13 heavy (non-hydrogen) atoms. The molecule has 0 heterocycles. The molecule has 0 saturated carbocycles. The highest BCUT2D eigenvalue weighted by Crippen LogP contribution is 2.26. The maximum atomic E-state index is 13.2. The minimum absolute atomic E-state index is 0.314. The summed E-state index contributed by atoms with van der Waals surface area (Å²) in [6, 6.07) is 2.92. The third-order valence-corrected chi connectivity index (χ3v) is 1.82. The van der Waals surface area contributed by atoms with Gasteiger partial charge in [0.25, 0.3) is 0 Å². The van der Waals surface area contributed by atoms with Crippen LogP contribution in [-0.2, 0) is 0 Å². The van der Waals surface area contributed by atoms with Crippen LogP contribution in [0, 0.1) is 5.82 Å². The molecule has 1 aromatic rings. The van der Waals surface area contributed by atoms with Gasteiger partial charge in [-0.25, -0.2) is 4.39 Å². The summed E-state index contributed by atoms with van der Waals surface area (Å²) in [5.74, 6) is 0.289. The maximum absolute atomic E-state index is 13.2. The molecule has 1 nitrogen and oxygen atoms in total.